The standard InChI is InChI=1S/C13H18O/c1-9(2)11-6-7-13-12(8-11)5-4-10(3)14-13/h6-10H,4-5H2,1-3H3. The highest BCUT2D eigenvalue weighted by molar-refractivity contribution is 5.39. The minimum Gasteiger partial charge on any atom is -0.490 e. The van der Waals surface area contributed by atoms with Gasteiger partial charge in [-0.2, -0.15) is 0 Å². The third-order valence-corrected chi connectivity index (χ3v) is 2.90. The van der Waals surface area contributed by atoms with Gasteiger partial charge in [-0.25, -0.2) is 0 Å². The van der Waals surface area contributed by atoms with Crippen LogP contribution in [-0.2, 0) is 6.42 Å². The van der Waals surface area contributed by atoms with Crippen LogP contribution in [0.1, 0.15) is 44.2 Å². The molecule has 1 heterocycles. The van der Waals surface area contributed by atoms with Crippen LogP contribution in [-0.4, -0.2) is 6.10 Å². The molecule has 1 aromatic rings. The molecule has 1 atom stereocenters. The molecule has 0 aromatic heterocycles. The summed E-state index contributed by atoms with van der Waals surface area (Å²) >= 11 is 0. The van der Waals surface area contributed by atoms with Crippen LogP contribution in [0.5, 0.6) is 5.75 Å². The average Bonchev–Trinajstić information content (AvgIpc) is 2.16. The molecule has 0 amide bonds. The number of fused-ring (bicyclic) bond motifs is 1. The molecule has 1 heteroatoms. The van der Waals surface area contributed by atoms with Crippen molar-refractivity contribution in [1.82, 2.24) is 0 Å². The fourth-order valence-corrected chi connectivity index (χ4v) is 1.90. The first-order chi connectivity index (χ1) is 6.66. The zero-order valence-electron chi connectivity index (χ0n) is 9.21. The fourth-order valence-electron chi connectivity index (χ4n) is 1.90. The zero-order chi connectivity index (χ0) is 10.1. The Morgan fingerprint density at radius 1 is 1.36 bits per heavy atom. The lowest BCUT2D eigenvalue weighted by molar-refractivity contribution is 0.192. The number of hydrogen-bond acceptors (Lipinski definition) is 1. The van der Waals surface area contributed by atoms with Crippen LogP contribution in [0.3, 0.4) is 0 Å². The summed E-state index contributed by atoms with van der Waals surface area (Å²) in [5.74, 6) is 1.70. The molecular formula is C13H18O. The second-order valence-corrected chi connectivity index (χ2v) is 4.49. The van der Waals surface area contributed by atoms with E-state index in [-0.39, 0.29) is 0 Å². The Kier molecular flexibility index (Phi) is 2.49. The zero-order valence-corrected chi connectivity index (χ0v) is 9.21. The highest BCUT2D eigenvalue weighted by Crippen LogP contribution is 2.30. The molecule has 0 N–H and O–H groups in total. The van der Waals surface area contributed by atoms with Crippen molar-refractivity contribution >= 4 is 0 Å². The van der Waals surface area contributed by atoms with Crippen LogP contribution in [0.4, 0.5) is 0 Å². The van der Waals surface area contributed by atoms with Gasteiger partial charge in [0.1, 0.15) is 5.75 Å². The Labute approximate surface area is 86.1 Å². The van der Waals surface area contributed by atoms with Crippen LogP contribution in [0.25, 0.3) is 0 Å². The number of ether oxygens (including phenoxy) is 1. The molecule has 1 unspecified atom stereocenters. The average molecular weight is 190 g/mol. The van der Waals surface area contributed by atoms with Crippen molar-refractivity contribution in [1.29, 1.82) is 0 Å². The van der Waals surface area contributed by atoms with Crippen molar-refractivity contribution < 1.29 is 4.74 Å². The summed E-state index contributed by atoms with van der Waals surface area (Å²) in [6.45, 7) is 6.60. The first-order valence-electron chi connectivity index (χ1n) is 5.46. The van der Waals surface area contributed by atoms with Crippen molar-refractivity contribution in [2.75, 3.05) is 0 Å². The molecule has 1 aliphatic rings. The monoisotopic (exact) mass is 190 g/mol. The Balaban J connectivity index is 2.31. The minimum atomic E-state index is 0.382. The van der Waals surface area contributed by atoms with Gasteiger partial charge in [0.25, 0.3) is 0 Å². The molecule has 76 valence electrons. The molecule has 1 aliphatic heterocycles. The molecule has 1 nitrogen and oxygen atoms in total. The highest BCUT2D eigenvalue weighted by atomic mass is 16.5. The molecule has 0 aliphatic carbocycles. The van der Waals surface area contributed by atoms with E-state index >= 15 is 0 Å². The molecule has 0 spiro atoms. The van der Waals surface area contributed by atoms with Crippen LogP contribution in [0.15, 0.2) is 18.2 Å². The molecular weight excluding hydrogens is 172 g/mol. The van der Waals surface area contributed by atoms with Crippen molar-refractivity contribution in [3.8, 4) is 5.75 Å². The summed E-state index contributed by atoms with van der Waals surface area (Å²) in [4.78, 5) is 0. The highest BCUT2D eigenvalue weighted by Gasteiger charge is 2.16. The predicted molar refractivity (Wildman–Crippen MR) is 58.9 cm³/mol. The molecule has 0 fully saturated rings. The number of aryl methyl sites for hydroxylation is 1. The van der Waals surface area contributed by atoms with E-state index in [1.54, 1.807) is 0 Å². The first-order valence-corrected chi connectivity index (χ1v) is 5.46. The summed E-state index contributed by atoms with van der Waals surface area (Å²) in [5, 5.41) is 0. The van der Waals surface area contributed by atoms with Gasteiger partial charge >= 0.3 is 0 Å². The van der Waals surface area contributed by atoms with Crippen molar-refractivity contribution in [2.45, 2.75) is 45.6 Å². The summed E-state index contributed by atoms with van der Waals surface area (Å²) < 4.78 is 5.77. The minimum absolute atomic E-state index is 0.382. The normalized spacial score (nSPS) is 20.4. The molecule has 0 saturated heterocycles. The van der Waals surface area contributed by atoms with Crippen LogP contribution in [0.2, 0.25) is 0 Å². The number of hydrogen-bond donors (Lipinski definition) is 0. The summed E-state index contributed by atoms with van der Waals surface area (Å²) in [6, 6.07) is 6.60. The van der Waals surface area contributed by atoms with Gasteiger partial charge in [-0.3, -0.25) is 0 Å². The van der Waals surface area contributed by atoms with Crippen LogP contribution >= 0.6 is 0 Å². The van der Waals surface area contributed by atoms with Crippen LogP contribution in [0, 0.1) is 0 Å². The van der Waals surface area contributed by atoms with Gasteiger partial charge in [0.15, 0.2) is 0 Å². The summed E-state index contributed by atoms with van der Waals surface area (Å²) in [6.07, 6.45) is 2.69. The topological polar surface area (TPSA) is 9.23 Å². The van der Waals surface area contributed by atoms with Crippen molar-refractivity contribution in [3.63, 3.8) is 0 Å². The third-order valence-electron chi connectivity index (χ3n) is 2.90. The van der Waals surface area contributed by atoms with Gasteiger partial charge in [0.05, 0.1) is 6.10 Å². The Morgan fingerprint density at radius 3 is 2.86 bits per heavy atom. The maximum Gasteiger partial charge on any atom is 0.122 e. The third kappa shape index (κ3) is 1.77. The van der Waals surface area contributed by atoms with Crippen molar-refractivity contribution in [2.24, 2.45) is 0 Å². The second kappa shape index (κ2) is 3.64. The molecule has 14 heavy (non-hydrogen) atoms. The SMILES string of the molecule is CC1CCc2cc(C(C)C)ccc2O1. The fraction of sp³-hybridized carbons (Fsp3) is 0.538. The van der Waals surface area contributed by atoms with E-state index in [9.17, 15) is 0 Å². The van der Waals surface area contributed by atoms with Crippen LogP contribution < -0.4 is 4.74 Å². The molecule has 1 aromatic carbocycles. The lowest BCUT2D eigenvalue weighted by atomic mass is 9.96. The quantitative estimate of drug-likeness (QED) is 0.658. The summed E-state index contributed by atoms with van der Waals surface area (Å²) in [5.41, 5.74) is 2.80. The largest absolute Gasteiger partial charge is 0.490 e. The van der Waals surface area contributed by atoms with E-state index in [2.05, 4.69) is 39.0 Å². The Bertz CT molecular complexity index is 328. The van der Waals surface area contributed by atoms with Gasteiger partial charge < -0.3 is 4.74 Å². The molecule has 0 bridgehead atoms. The lowest BCUT2D eigenvalue weighted by Crippen LogP contribution is -2.18. The Hall–Kier alpha value is -0.980. The van der Waals surface area contributed by atoms with E-state index in [1.807, 2.05) is 0 Å². The molecule has 2 rings (SSSR count). The van der Waals surface area contributed by atoms with Gasteiger partial charge in [-0.15, -0.1) is 0 Å². The Morgan fingerprint density at radius 2 is 2.14 bits per heavy atom. The molecule has 0 saturated carbocycles. The smallest absolute Gasteiger partial charge is 0.122 e. The maximum atomic E-state index is 5.77. The maximum absolute atomic E-state index is 5.77. The first kappa shape index (κ1) is 9.57. The van der Waals surface area contributed by atoms with E-state index < -0.39 is 0 Å². The van der Waals surface area contributed by atoms with Gasteiger partial charge in [-0.05, 0) is 42.9 Å². The van der Waals surface area contributed by atoms with Gasteiger partial charge in [-0.1, -0.05) is 26.0 Å². The van der Waals surface area contributed by atoms with E-state index in [4.69, 9.17) is 4.74 Å². The predicted octanol–water partition coefficient (Wildman–Crippen LogP) is 3.52. The molecule has 0 radical (unpaired) electrons. The number of benzene rings is 1. The van der Waals surface area contributed by atoms with Gasteiger partial charge in [0, 0.05) is 0 Å². The van der Waals surface area contributed by atoms with Crippen molar-refractivity contribution in [3.05, 3.63) is 29.3 Å². The second-order valence-electron chi connectivity index (χ2n) is 4.49. The van der Waals surface area contributed by atoms with E-state index in [0.717, 1.165) is 18.6 Å². The summed E-state index contributed by atoms with van der Waals surface area (Å²) in [7, 11) is 0. The van der Waals surface area contributed by atoms with E-state index in [1.165, 1.54) is 11.1 Å². The lowest BCUT2D eigenvalue weighted by Gasteiger charge is -2.24. The van der Waals surface area contributed by atoms with E-state index in [0.29, 0.717) is 12.0 Å². The van der Waals surface area contributed by atoms with Gasteiger partial charge in [0.2, 0.25) is 0 Å². The number of rotatable bonds is 1.